The number of pyridine rings is 2. The number of hydrogen-bond donors (Lipinski definition) is 3. The summed E-state index contributed by atoms with van der Waals surface area (Å²) in [7, 11) is 1.76. The number of rotatable bonds is 4. The number of aromatic amines is 1. The monoisotopic (exact) mass is 517 g/mol. The van der Waals surface area contributed by atoms with Gasteiger partial charge in [0.05, 0.1) is 10.7 Å². The van der Waals surface area contributed by atoms with Crippen LogP contribution >= 0.6 is 11.6 Å². The van der Waals surface area contributed by atoms with Crippen LogP contribution in [0.15, 0.2) is 35.4 Å². The summed E-state index contributed by atoms with van der Waals surface area (Å²) in [6, 6.07) is 6.24. The van der Waals surface area contributed by atoms with Crippen molar-refractivity contribution in [1.29, 1.82) is 0 Å². The van der Waals surface area contributed by atoms with E-state index in [0.29, 0.717) is 45.1 Å². The second-order valence-electron chi connectivity index (χ2n) is 10.6. The predicted octanol–water partition coefficient (Wildman–Crippen LogP) is 3.18. The lowest BCUT2D eigenvalue weighted by Gasteiger charge is -2.42. The van der Waals surface area contributed by atoms with E-state index in [9.17, 15) is 4.79 Å². The first-order valence-corrected chi connectivity index (χ1v) is 13.1. The van der Waals surface area contributed by atoms with Gasteiger partial charge in [0, 0.05) is 55.9 Å². The molecule has 0 amide bonds. The fourth-order valence-corrected chi connectivity index (χ4v) is 6.24. The summed E-state index contributed by atoms with van der Waals surface area (Å²) < 4.78 is 1.61. The van der Waals surface area contributed by atoms with Crippen molar-refractivity contribution in [2.24, 2.45) is 18.2 Å². The van der Waals surface area contributed by atoms with Gasteiger partial charge in [-0.15, -0.1) is 0 Å². The highest BCUT2D eigenvalue weighted by molar-refractivity contribution is 6.36. The number of piperidine rings is 1. The Morgan fingerprint density at radius 2 is 2.00 bits per heavy atom. The van der Waals surface area contributed by atoms with Gasteiger partial charge in [0.2, 0.25) is 5.95 Å². The van der Waals surface area contributed by atoms with Crippen LogP contribution in [0, 0.1) is 5.41 Å². The smallest absolute Gasteiger partial charge is 0.266 e. The molecule has 3 aliphatic rings. The molecule has 1 saturated carbocycles. The zero-order valence-corrected chi connectivity index (χ0v) is 21.3. The lowest BCUT2D eigenvalue weighted by Crippen LogP contribution is -2.46. The van der Waals surface area contributed by atoms with Crippen LogP contribution in [0.1, 0.15) is 43.0 Å². The molecule has 7 rings (SSSR count). The van der Waals surface area contributed by atoms with Crippen molar-refractivity contribution in [3.63, 3.8) is 0 Å². The van der Waals surface area contributed by atoms with E-state index in [2.05, 4.69) is 36.4 Å². The molecule has 1 aliphatic heterocycles. The van der Waals surface area contributed by atoms with Crippen molar-refractivity contribution in [1.82, 2.24) is 29.7 Å². The van der Waals surface area contributed by atoms with Gasteiger partial charge in [0.25, 0.3) is 5.56 Å². The maximum absolute atomic E-state index is 13.6. The number of H-pyrrole nitrogens is 1. The van der Waals surface area contributed by atoms with Gasteiger partial charge in [-0.05, 0) is 55.2 Å². The molecule has 5 heterocycles. The second kappa shape index (κ2) is 8.26. The molecule has 190 valence electrons. The quantitative estimate of drug-likeness (QED) is 0.376. The number of nitrogens with one attached hydrogen (secondary N) is 2. The molecule has 0 unspecified atom stereocenters. The van der Waals surface area contributed by atoms with Crippen LogP contribution in [0.25, 0.3) is 22.3 Å². The molecule has 1 atom stereocenters. The molecule has 11 heteroatoms. The van der Waals surface area contributed by atoms with Crippen LogP contribution in [0.4, 0.5) is 11.8 Å². The number of anilines is 2. The lowest BCUT2D eigenvalue weighted by molar-refractivity contribution is 0.186. The fraction of sp³-hybridized carbons (Fsp3) is 0.423. The second-order valence-corrected chi connectivity index (χ2v) is 10.9. The molecule has 2 fully saturated rings. The summed E-state index contributed by atoms with van der Waals surface area (Å²) in [6.45, 7) is 1.52. The molecule has 1 saturated heterocycles. The molecule has 0 radical (unpaired) electrons. The van der Waals surface area contributed by atoms with Crippen molar-refractivity contribution in [2.45, 2.75) is 44.2 Å². The highest BCUT2D eigenvalue weighted by Gasteiger charge is 2.47. The van der Waals surface area contributed by atoms with Gasteiger partial charge in [0.1, 0.15) is 11.2 Å². The Morgan fingerprint density at radius 1 is 1.19 bits per heavy atom. The molecule has 37 heavy (non-hydrogen) atoms. The number of nitrogens with zero attached hydrogens (tertiary/aromatic N) is 6. The van der Waals surface area contributed by atoms with Crippen LogP contribution in [0.3, 0.4) is 0 Å². The van der Waals surface area contributed by atoms with E-state index in [4.69, 9.17) is 22.3 Å². The molecule has 4 N–H and O–H groups in total. The van der Waals surface area contributed by atoms with Gasteiger partial charge >= 0.3 is 0 Å². The van der Waals surface area contributed by atoms with Crippen molar-refractivity contribution in [3.05, 3.63) is 57.2 Å². The summed E-state index contributed by atoms with van der Waals surface area (Å²) >= 11 is 6.70. The minimum absolute atomic E-state index is 0.0000382. The van der Waals surface area contributed by atoms with Gasteiger partial charge in [-0.25, -0.2) is 4.98 Å². The SMILES string of the molecule is Cn1c(N2CCC3(CC2)Cc2ncccc2[C@H]3N)nc2n[nH]c(-c3ccnc(NC4CC4)c3Cl)c2c1=O. The van der Waals surface area contributed by atoms with Gasteiger partial charge in [0.15, 0.2) is 5.65 Å². The van der Waals surface area contributed by atoms with Crippen LogP contribution < -0.4 is 21.5 Å². The van der Waals surface area contributed by atoms with E-state index in [1.54, 1.807) is 23.9 Å². The summed E-state index contributed by atoms with van der Waals surface area (Å²) in [5, 5.41) is 11.7. The van der Waals surface area contributed by atoms with Crippen LogP contribution in [0.5, 0.6) is 0 Å². The molecule has 0 bridgehead atoms. The highest BCUT2D eigenvalue weighted by atomic mass is 35.5. The fourth-order valence-electron chi connectivity index (χ4n) is 5.97. The largest absolute Gasteiger partial charge is 0.366 e. The Kier molecular flexibility index (Phi) is 5.06. The van der Waals surface area contributed by atoms with E-state index in [1.165, 1.54) is 0 Å². The molecule has 1 spiro atoms. The van der Waals surface area contributed by atoms with Crippen LogP contribution in [-0.2, 0) is 13.5 Å². The maximum atomic E-state index is 13.6. The minimum Gasteiger partial charge on any atom is -0.366 e. The average Bonchev–Trinajstić information content (AvgIpc) is 3.56. The van der Waals surface area contributed by atoms with Crippen LogP contribution in [-0.4, -0.2) is 48.8 Å². The Labute approximate surface area is 218 Å². The van der Waals surface area contributed by atoms with Crippen LogP contribution in [0.2, 0.25) is 5.02 Å². The van der Waals surface area contributed by atoms with Gasteiger partial charge < -0.3 is 16.0 Å². The third-order valence-corrected chi connectivity index (χ3v) is 8.71. The number of aromatic nitrogens is 6. The van der Waals surface area contributed by atoms with E-state index in [1.807, 2.05) is 12.3 Å². The molecule has 4 aromatic rings. The van der Waals surface area contributed by atoms with Crippen molar-refractivity contribution >= 4 is 34.4 Å². The molecular weight excluding hydrogens is 490 g/mol. The number of nitrogens with two attached hydrogens (primary N) is 1. The number of fused-ring (bicyclic) bond motifs is 2. The Hall–Kier alpha value is -3.50. The van der Waals surface area contributed by atoms with E-state index >= 15 is 0 Å². The Bertz CT molecular complexity index is 1580. The number of halogens is 1. The van der Waals surface area contributed by atoms with E-state index in [-0.39, 0.29) is 17.0 Å². The topological polar surface area (TPSA) is 131 Å². The maximum Gasteiger partial charge on any atom is 0.266 e. The molecule has 0 aromatic carbocycles. The predicted molar refractivity (Wildman–Crippen MR) is 143 cm³/mol. The third-order valence-electron chi connectivity index (χ3n) is 8.33. The normalized spacial score (nSPS) is 20.5. The van der Waals surface area contributed by atoms with E-state index < -0.39 is 0 Å². The minimum atomic E-state index is -0.164. The Morgan fingerprint density at radius 3 is 2.76 bits per heavy atom. The van der Waals surface area contributed by atoms with Crippen molar-refractivity contribution in [3.8, 4) is 11.3 Å². The summed E-state index contributed by atoms with van der Waals surface area (Å²) in [4.78, 5) is 29.5. The first-order valence-electron chi connectivity index (χ1n) is 12.8. The zero-order valence-electron chi connectivity index (χ0n) is 20.5. The molecule has 2 aliphatic carbocycles. The van der Waals surface area contributed by atoms with Gasteiger partial charge in [-0.3, -0.25) is 19.4 Å². The van der Waals surface area contributed by atoms with Gasteiger partial charge in [-0.1, -0.05) is 17.7 Å². The van der Waals surface area contributed by atoms with Crippen molar-refractivity contribution in [2.75, 3.05) is 23.3 Å². The molecular formula is C26H28ClN9O. The lowest BCUT2D eigenvalue weighted by atomic mass is 9.73. The number of hydrogen-bond acceptors (Lipinski definition) is 8. The summed E-state index contributed by atoms with van der Waals surface area (Å²) in [5.41, 5.74) is 10.4. The van der Waals surface area contributed by atoms with Gasteiger partial charge in [-0.2, -0.15) is 10.1 Å². The molecule has 4 aromatic heterocycles. The standard InChI is InChI=1S/C26H28ClN9O/c1-35-24(37)18-20(16-6-10-30-23(19(16)27)31-14-4-5-14)33-34-22(18)32-25(35)36-11-7-26(8-12-36)13-17-15(21(26)28)3-2-9-29-17/h2-3,6,9-10,14,21H,4-5,7-8,11-13,28H2,1H3,(H,30,31)(H,33,34)/t21-/m1/s1. The third kappa shape index (κ3) is 3.53. The molecule has 10 nitrogen and oxygen atoms in total. The first-order chi connectivity index (χ1) is 17.9. The first kappa shape index (κ1) is 22.7. The summed E-state index contributed by atoms with van der Waals surface area (Å²) in [6.07, 6.45) is 8.47. The highest BCUT2D eigenvalue weighted by Crippen LogP contribution is 2.50. The van der Waals surface area contributed by atoms with Crippen molar-refractivity contribution < 1.29 is 0 Å². The Balaban J connectivity index is 1.19. The van der Waals surface area contributed by atoms with E-state index in [0.717, 1.165) is 56.5 Å². The summed E-state index contributed by atoms with van der Waals surface area (Å²) in [5.74, 6) is 1.24. The average molecular weight is 518 g/mol. The zero-order chi connectivity index (χ0) is 25.3.